The van der Waals surface area contributed by atoms with Gasteiger partial charge in [0.05, 0.1) is 17.7 Å². The number of aliphatic hydroxyl groups is 1. The zero-order valence-electron chi connectivity index (χ0n) is 9.18. The fourth-order valence-corrected chi connectivity index (χ4v) is 1.39. The molecule has 3 N–H and O–H groups in total. The molecule has 82 valence electrons. The summed E-state index contributed by atoms with van der Waals surface area (Å²) in [6.07, 6.45) is 1.77. The third kappa shape index (κ3) is 2.45. The molecule has 4 heteroatoms. The second kappa shape index (κ2) is 3.87. The van der Waals surface area contributed by atoms with Gasteiger partial charge in [0.1, 0.15) is 0 Å². The summed E-state index contributed by atoms with van der Waals surface area (Å²) in [4.78, 5) is 11.8. The number of aliphatic hydroxyl groups excluding tert-OH is 1. The fraction of sp³-hybridized carbons (Fsp3) is 0.900. The molecular formula is C10H20N2O2. The van der Waals surface area contributed by atoms with Crippen molar-refractivity contribution in [1.82, 2.24) is 10.6 Å². The third-order valence-electron chi connectivity index (χ3n) is 2.72. The maximum absolute atomic E-state index is 11.8. The molecule has 4 nitrogen and oxygen atoms in total. The average Bonchev–Trinajstić information content (AvgIpc) is 2.85. The molecule has 1 fully saturated rings. The minimum atomic E-state index is -0.556. The molecular weight excluding hydrogens is 180 g/mol. The van der Waals surface area contributed by atoms with E-state index < -0.39 is 5.54 Å². The van der Waals surface area contributed by atoms with Gasteiger partial charge in [-0.15, -0.1) is 0 Å². The monoisotopic (exact) mass is 200 g/mol. The standard InChI is InChI=1S/C10H20N2O2/c1-4-11-9(2,3)8(14)12-10(7-13)5-6-10/h11,13H,4-7H2,1-3H3,(H,12,14). The van der Waals surface area contributed by atoms with Gasteiger partial charge in [0.15, 0.2) is 0 Å². The molecule has 0 aromatic carbocycles. The first-order chi connectivity index (χ1) is 6.46. The van der Waals surface area contributed by atoms with Crippen LogP contribution >= 0.6 is 0 Å². The molecule has 1 aliphatic rings. The average molecular weight is 200 g/mol. The molecule has 0 aromatic rings. The largest absolute Gasteiger partial charge is 0.394 e. The van der Waals surface area contributed by atoms with Gasteiger partial charge in [0.2, 0.25) is 5.91 Å². The predicted molar refractivity (Wildman–Crippen MR) is 54.9 cm³/mol. The van der Waals surface area contributed by atoms with Crippen LogP contribution in [0, 0.1) is 0 Å². The highest BCUT2D eigenvalue weighted by Crippen LogP contribution is 2.34. The number of hydrogen-bond acceptors (Lipinski definition) is 3. The van der Waals surface area contributed by atoms with Crippen molar-refractivity contribution in [3.05, 3.63) is 0 Å². The lowest BCUT2D eigenvalue weighted by molar-refractivity contribution is -0.127. The molecule has 0 heterocycles. The molecule has 0 saturated heterocycles. The number of rotatable bonds is 5. The molecule has 0 bridgehead atoms. The van der Waals surface area contributed by atoms with Crippen LogP contribution in [0.3, 0.4) is 0 Å². The first-order valence-corrected chi connectivity index (χ1v) is 5.14. The molecule has 0 spiro atoms. The van der Waals surface area contributed by atoms with E-state index >= 15 is 0 Å². The van der Waals surface area contributed by atoms with Crippen molar-refractivity contribution in [3.8, 4) is 0 Å². The van der Waals surface area contributed by atoms with Gasteiger partial charge in [-0.25, -0.2) is 0 Å². The van der Waals surface area contributed by atoms with Gasteiger partial charge in [-0.05, 0) is 33.2 Å². The second-order valence-corrected chi connectivity index (χ2v) is 4.55. The maximum atomic E-state index is 11.8. The van der Waals surface area contributed by atoms with Crippen LogP contribution in [0.5, 0.6) is 0 Å². The Morgan fingerprint density at radius 2 is 2.07 bits per heavy atom. The molecule has 0 radical (unpaired) electrons. The van der Waals surface area contributed by atoms with Crippen molar-refractivity contribution in [3.63, 3.8) is 0 Å². The Balaban J connectivity index is 2.49. The smallest absolute Gasteiger partial charge is 0.240 e. The summed E-state index contributed by atoms with van der Waals surface area (Å²) < 4.78 is 0. The van der Waals surface area contributed by atoms with Crippen molar-refractivity contribution in [2.24, 2.45) is 0 Å². The quantitative estimate of drug-likeness (QED) is 0.586. The fourth-order valence-electron chi connectivity index (χ4n) is 1.39. The van der Waals surface area contributed by atoms with Crippen molar-refractivity contribution in [2.45, 2.75) is 44.7 Å². The van der Waals surface area contributed by atoms with E-state index in [-0.39, 0.29) is 18.1 Å². The number of carbonyl (C=O) groups is 1. The molecule has 1 saturated carbocycles. The van der Waals surface area contributed by atoms with E-state index in [1.165, 1.54) is 0 Å². The Hall–Kier alpha value is -0.610. The summed E-state index contributed by atoms with van der Waals surface area (Å²) in [6, 6.07) is 0. The van der Waals surface area contributed by atoms with Gasteiger partial charge < -0.3 is 15.7 Å². The zero-order valence-corrected chi connectivity index (χ0v) is 9.18. The van der Waals surface area contributed by atoms with Crippen LogP contribution in [0.4, 0.5) is 0 Å². The number of carbonyl (C=O) groups excluding carboxylic acids is 1. The van der Waals surface area contributed by atoms with Crippen LogP contribution in [0.2, 0.25) is 0 Å². The molecule has 1 amide bonds. The van der Waals surface area contributed by atoms with E-state index in [1.807, 2.05) is 20.8 Å². The molecule has 0 aliphatic heterocycles. The zero-order chi connectivity index (χ0) is 10.8. The Kier molecular flexibility index (Phi) is 3.17. The van der Waals surface area contributed by atoms with Crippen molar-refractivity contribution in [1.29, 1.82) is 0 Å². The Labute approximate surface area is 85.1 Å². The molecule has 0 aromatic heterocycles. The van der Waals surface area contributed by atoms with Gasteiger partial charge in [0, 0.05) is 0 Å². The highest BCUT2D eigenvalue weighted by atomic mass is 16.3. The SMILES string of the molecule is CCNC(C)(C)C(=O)NC1(CO)CC1. The minimum Gasteiger partial charge on any atom is -0.394 e. The molecule has 0 atom stereocenters. The summed E-state index contributed by atoms with van der Waals surface area (Å²) in [5.74, 6) is -0.0362. The van der Waals surface area contributed by atoms with E-state index in [1.54, 1.807) is 0 Å². The van der Waals surface area contributed by atoms with E-state index in [9.17, 15) is 4.79 Å². The van der Waals surface area contributed by atoms with Crippen LogP contribution in [-0.4, -0.2) is 35.2 Å². The summed E-state index contributed by atoms with van der Waals surface area (Å²) >= 11 is 0. The van der Waals surface area contributed by atoms with Gasteiger partial charge >= 0.3 is 0 Å². The summed E-state index contributed by atoms with van der Waals surface area (Å²) in [7, 11) is 0. The molecule has 0 unspecified atom stereocenters. The van der Waals surface area contributed by atoms with Crippen molar-refractivity contribution >= 4 is 5.91 Å². The lowest BCUT2D eigenvalue weighted by Crippen LogP contribution is -2.56. The minimum absolute atomic E-state index is 0.0362. The van der Waals surface area contributed by atoms with Gasteiger partial charge in [-0.1, -0.05) is 6.92 Å². The van der Waals surface area contributed by atoms with Crippen LogP contribution in [0.15, 0.2) is 0 Å². The second-order valence-electron chi connectivity index (χ2n) is 4.55. The molecule has 1 aliphatic carbocycles. The highest BCUT2D eigenvalue weighted by Gasteiger charge is 2.45. The number of nitrogens with one attached hydrogen (secondary N) is 2. The number of likely N-dealkylation sites (N-methyl/N-ethyl adjacent to an activating group) is 1. The topological polar surface area (TPSA) is 61.4 Å². The summed E-state index contributed by atoms with van der Waals surface area (Å²) in [5.41, 5.74) is -0.872. The van der Waals surface area contributed by atoms with Gasteiger partial charge in [0.25, 0.3) is 0 Å². The summed E-state index contributed by atoms with van der Waals surface area (Å²) in [5, 5.41) is 15.1. The summed E-state index contributed by atoms with van der Waals surface area (Å²) in [6.45, 7) is 6.46. The first kappa shape index (κ1) is 11.5. The van der Waals surface area contributed by atoms with E-state index in [4.69, 9.17) is 5.11 Å². The van der Waals surface area contributed by atoms with Crippen LogP contribution in [0.25, 0.3) is 0 Å². The van der Waals surface area contributed by atoms with Crippen molar-refractivity contribution < 1.29 is 9.90 Å². The molecule has 1 rings (SSSR count). The van der Waals surface area contributed by atoms with Crippen LogP contribution in [-0.2, 0) is 4.79 Å². The van der Waals surface area contributed by atoms with E-state index in [2.05, 4.69) is 10.6 Å². The maximum Gasteiger partial charge on any atom is 0.240 e. The van der Waals surface area contributed by atoms with E-state index in [0.29, 0.717) is 0 Å². The Morgan fingerprint density at radius 1 is 1.50 bits per heavy atom. The van der Waals surface area contributed by atoms with Crippen molar-refractivity contribution in [2.75, 3.05) is 13.2 Å². The van der Waals surface area contributed by atoms with E-state index in [0.717, 1.165) is 19.4 Å². The third-order valence-corrected chi connectivity index (χ3v) is 2.72. The Morgan fingerprint density at radius 3 is 2.43 bits per heavy atom. The van der Waals surface area contributed by atoms with Crippen LogP contribution < -0.4 is 10.6 Å². The van der Waals surface area contributed by atoms with Gasteiger partial charge in [-0.2, -0.15) is 0 Å². The Bertz CT molecular complexity index is 222. The highest BCUT2D eigenvalue weighted by molar-refractivity contribution is 5.86. The lowest BCUT2D eigenvalue weighted by atomic mass is 10.0. The van der Waals surface area contributed by atoms with Gasteiger partial charge in [-0.3, -0.25) is 4.79 Å². The van der Waals surface area contributed by atoms with Crippen LogP contribution in [0.1, 0.15) is 33.6 Å². The lowest BCUT2D eigenvalue weighted by Gasteiger charge is -2.27. The normalized spacial score (nSPS) is 19.1. The number of amides is 1. The molecule has 14 heavy (non-hydrogen) atoms. The predicted octanol–water partition coefficient (Wildman–Crippen LogP) is 0.0156. The number of hydrogen-bond donors (Lipinski definition) is 3. The first-order valence-electron chi connectivity index (χ1n) is 5.14.